The number of hydrogen-bond donors (Lipinski definition) is 0. The largest absolute Gasteiger partial charge is 0.310 e. The lowest BCUT2D eigenvalue weighted by atomic mass is 10.1. The van der Waals surface area contributed by atoms with Crippen molar-refractivity contribution in [2.45, 2.75) is 75.2 Å². The zero-order chi connectivity index (χ0) is 21.4. The lowest BCUT2D eigenvalue weighted by molar-refractivity contribution is 0.112. The van der Waals surface area contributed by atoms with Crippen molar-refractivity contribution >= 4 is 29.4 Å². The summed E-state index contributed by atoms with van der Waals surface area (Å²) in [6, 6.07) is 1.98. The van der Waals surface area contributed by atoms with Gasteiger partial charge in [0, 0.05) is 15.3 Å². The second-order valence-corrected chi connectivity index (χ2v) is 6.84. The summed E-state index contributed by atoms with van der Waals surface area (Å²) in [5.41, 5.74) is 0.846. The maximum absolute atomic E-state index is 10.5. The summed E-state index contributed by atoms with van der Waals surface area (Å²) in [6.45, 7) is 21.5. The van der Waals surface area contributed by atoms with Crippen LogP contribution in [0.15, 0.2) is 6.07 Å². The highest BCUT2D eigenvalue weighted by Crippen LogP contribution is 2.26. The van der Waals surface area contributed by atoms with Gasteiger partial charge in [0.25, 0.3) is 0 Å². The van der Waals surface area contributed by atoms with E-state index in [1.165, 1.54) is 4.88 Å². The number of carbonyl (C=O) groups excluding carboxylic acids is 1. The monoisotopic (exact) mass is 393 g/mol. The molecule has 0 bridgehead atoms. The predicted octanol–water partition coefficient (Wildman–Crippen LogP) is 7.62. The lowest BCUT2D eigenvalue weighted by Crippen LogP contribution is -2.08. The van der Waals surface area contributed by atoms with E-state index in [0.29, 0.717) is 5.92 Å². The van der Waals surface area contributed by atoms with Crippen LogP contribution in [-0.2, 0) is 0 Å². The van der Waals surface area contributed by atoms with Gasteiger partial charge in [-0.25, -0.2) is 0 Å². The van der Waals surface area contributed by atoms with E-state index in [0.717, 1.165) is 23.3 Å². The first-order valence-electron chi connectivity index (χ1n) is 9.44. The molecule has 1 aromatic rings. The summed E-state index contributed by atoms with van der Waals surface area (Å²) in [6.07, 6.45) is 5.01. The number of thioether (sulfide) groups is 1. The fourth-order valence-electron chi connectivity index (χ4n) is 0.922. The molecule has 0 aliphatic rings. The van der Waals surface area contributed by atoms with Crippen LogP contribution in [-0.4, -0.2) is 44.3 Å². The highest BCUT2D eigenvalue weighted by atomic mass is 32.2. The summed E-state index contributed by atoms with van der Waals surface area (Å²) in [7, 11) is 4.11. The molecule has 4 heteroatoms. The molecule has 0 aliphatic carbocycles. The Balaban J connectivity index is -0.0000000805. The molecular weight excluding hydrogens is 346 g/mol. The van der Waals surface area contributed by atoms with E-state index in [1.54, 1.807) is 23.1 Å². The Kier molecular flexibility index (Phi) is 45.0. The molecule has 0 N–H and O–H groups in total. The number of aldehydes is 1. The minimum Gasteiger partial charge on any atom is -0.310 e. The fourth-order valence-corrected chi connectivity index (χ4v) is 1.92. The molecule has 1 aromatic heterocycles. The minimum absolute atomic E-state index is 0.535. The molecule has 0 saturated heterocycles. The van der Waals surface area contributed by atoms with Crippen LogP contribution < -0.4 is 0 Å². The summed E-state index contributed by atoms with van der Waals surface area (Å²) in [4.78, 5) is 15.0. The van der Waals surface area contributed by atoms with Crippen molar-refractivity contribution in [1.82, 2.24) is 4.90 Å². The maximum Gasteiger partial charge on any atom is 0.151 e. The van der Waals surface area contributed by atoms with E-state index in [2.05, 4.69) is 39.8 Å². The number of hydrogen-bond acceptors (Lipinski definition) is 4. The van der Waals surface area contributed by atoms with Crippen molar-refractivity contribution in [2.75, 3.05) is 33.2 Å². The smallest absolute Gasteiger partial charge is 0.151 e. The Hall–Kier alpha value is -0.320. The zero-order valence-electron chi connectivity index (χ0n) is 19.6. The van der Waals surface area contributed by atoms with Crippen LogP contribution in [0.3, 0.4) is 0 Å². The van der Waals surface area contributed by atoms with Crippen molar-refractivity contribution in [3.05, 3.63) is 21.4 Å². The third-order valence-electron chi connectivity index (χ3n) is 2.30. The highest BCUT2D eigenvalue weighted by molar-refractivity contribution is 7.97. The Bertz CT molecular complexity index is 335. The van der Waals surface area contributed by atoms with Crippen LogP contribution in [0.1, 0.15) is 88.3 Å². The van der Waals surface area contributed by atoms with E-state index in [4.69, 9.17) is 0 Å². The Labute approximate surface area is 168 Å². The average Bonchev–Trinajstić information content (AvgIpc) is 3.02. The molecule has 1 rings (SSSR count). The number of thiophene rings is 1. The van der Waals surface area contributed by atoms with Crippen LogP contribution in [0.5, 0.6) is 0 Å². The zero-order valence-corrected chi connectivity index (χ0v) is 21.2. The van der Waals surface area contributed by atoms with Crippen LogP contribution in [0, 0.1) is 6.92 Å². The standard InChI is InChI=1S/C9H12OS.C4H11N.C2H6S.3C2H6/c1-6(2)9-4-8(5-10)7(3)11-9;1-4-5(2)3;1-3-2;3*1-2/h4-6H,1-3H3;4H2,1-3H3;1-2H3;3*1-2H3. The van der Waals surface area contributed by atoms with E-state index in [1.807, 2.05) is 67.0 Å². The molecule has 0 radical (unpaired) electrons. The molecule has 1 heterocycles. The SMILES string of the molecule is CC.CC.CC.CCN(C)C.CSC.Cc1sc(C(C)C)cc1C=O. The topological polar surface area (TPSA) is 20.3 Å². The van der Waals surface area contributed by atoms with Gasteiger partial charge >= 0.3 is 0 Å². The van der Waals surface area contributed by atoms with Crippen molar-refractivity contribution < 1.29 is 4.79 Å². The van der Waals surface area contributed by atoms with Gasteiger partial charge < -0.3 is 4.90 Å². The summed E-state index contributed by atoms with van der Waals surface area (Å²) < 4.78 is 0. The van der Waals surface area contributed by atoms with Gasteiger partial charge in [-0.05, 0) is 52.1 Å². The van der Waals surface area contributed by atoms with Gasteiger partial charge in [-0.1, -0.05) is 62.3 Å². The molecule has 0 amide bonds. The molecule has 0 aromatic carbocycles. The molecule has 0 saturated carbocycles. The number of rotatable bonds is 3. The maximum atomic E-state index is 10.5. The first-order chi connectivity index (χ1) is 11.8. The van der Waals surface area contributed by atoms with Crippen molar-refractivity contribution in [1.29, 1.82) is 0 Å². The second-order valence-electron chi connectivity index (χ2n) is 4.74. The third kappa shape index (κ3) is 28.7. The van der Waals surface area contributed by atoms with Crippen LogP contribution in [0.4, 0.5) is 0 Å². The number of aryl methyl sites for hydroxylation is 1. The van der Waals surface area contributed by atoms with Gasteiger partial charge in [0.2, 0.25) is 0 Å². The highest BCUT2D eigenvalue weighted by Gasteiger charge is 2.06. The molecule has 25 heavy (non-hydrogen) atoms. The third-order valence-corrected chi connectivity index (χ3v) is 3.67. The predicted molar refractivity (Wildman–Crippen MR) is 126 cm³/mol. The first-order valence-corrected chi connectivity index (χ1v) is 11.9. The molecule has 0 atom stereocenters. The molecular formula is C21H47NOS2. The Morgan fingerprint density at radius 3 is 1.52 bits per heavy atom. The Morgan fingerprint density at radius 2 is 1.40 bits per heavy atom. The molecule has 154 valence electrons. The van der Waals surface area contributed by atoms with Crippen molar-refractivity contribution in [2.24, 2.45) is 0 Å². The normalized spacial score (nSPS) is 8.00. The summed E-state index contributed by atoms with van der Waals surface area (Å²) in [5.74, 6) is 0.535. The summed E-state index contributed by atoms with van der Waals surface area (Å²) >= 11 is 3.47. The summed E-state index contributed by atoms with van der Waals surface area (Å²) in [5, 5.41) is 0. The van der Waals surface area contributed by atoms with Gasteiger partial charge in [-0.15, -0.1) is 11.3 Å². The molecule has 2 nitrogen and oxygen atoms in total. The molecule has 0 spiro atoms. The van der Waals surface area contributed by atoms with E-state index in [-0.39, 0.29) is 0 Å². The van der Waals surface area contributed by atoms with Crippen molar-refractivity contribution in [3.63, 3.8) is 0 Å². The first kappa shape index (κ1) is 35.7. The van der Waals surface area contributed by atoms with Gasteiger partial charge in [-0.2, -0.15) is 11.8 Å². The van der Waals surface area contributed by atoms with Gasteiger partial charge in [0.1, 0.15) is 0 Å². The van der Waals surface area contributed by atoms with Gasteiger partial charge in [-0.3, -0.25) is 4.79 Å². The van der Waals surface area contributed by atoms with E-state index in [9.17, 15) is 4.79 Å². The minimum atomic E-state index is 0.535. The average molecular weight is 394 g/mol. The van der Waals surface area contributed by atoms with Gasteiger partial charge in [0.15, 0.2) is 6.29 Å². The Morgan fingerprint density at radius 1 is 1.08 bits per heavy atom. The molecule has 0 unspecified atom stereocenters. The van der Waals surface area contributed by atoms with Crippen LogP contribution in [0.25, 0.3) is 0 Å². The molecule has 0 fully saturated rings. The molecule has 0 aliphatic heterocycles. The van der Waals surface area contributed by atoms with Crippen LogP contribution >= 0.6 is 23.1 Å². The number of carbonyl (C=O) groups is 1. The fraction of sp³-hybridized carbons (Fsp3) is 0.762. The van der Waals surface area contributed by atoms with E-state index >= 15 is 0 Å². The van der Waals surface area contributed by atoms with Crippen molar-refractivity contribution in [3.8, 4) is 0 Å². The lowest BCUT2D eigenvalue weighted by Gasteiger charge is -2.00. The quantitative estimate of drug-likeness (QED) is 0.492. The number of nitrogens with zero attached hydrogens (tertiary/aromatic N) is 1. The second kappa shape index (κ2) is 31.4. The van der Waals surface area contributed by atoms with Gasteiger partial charge in [0.05, 0.1) is 0 Å². The van der Waals surface area contributed by atoms with E-state index < -0.39 is 0 Å². The van der Waals surface area contributed by atoms with Crippen LogP contribution in [0.2, 0.25) is 0 Å².